The predicted octanol–water partition coefficient (Wildman–Crippen LogP) is 5.63. The number of nitrogens with two attached hydrogens (primary N) is 2. The van der Waals surface area contributed by atoms with E-state index in [1.165, 1.54) is 0 Å². The van der Waals surface area contributed by atoms with Crippen molar-refractivity contribution in [2.45, 2.75) is 38.8 Å². The number of hydrogen-bond donors (Lipinski definition) is 4. The second-order valence-electron chi connectivity index (χ2n) is 9.76. The molecular formula is C28H41Cl5N10. The van der Waals surface area contributed by atoms with E-state index in [1.807, 2.05) is 50.1 Å². The predicted molar refractivity (Wildman–Crippen MR) is 188 cm³/mol. The quantitative estimate of drug-likeness (QED) is 0.137. The monoisotopic (exact) mass is 692 g/mol. The first-order valence-electron chi connectivity index (χ1n) is 13.4. The average Bonchev–Trinajstić information content (AvgIpc) is 2.94. The highest BCUT2D eigenvalue weighted by atomic mass is 35.5. The van der Waals surface area contributed by atoms with Gasteiger partial charge in [0.15, 0.2) is 23.8 Å². The van der Waals surface area contributed by atoms with E-state index >= 15 is 0 Å². The Morgan fingerprint density at radius 1 is 0.605 bits per heavy atom. The molecule has 0 aromatic heterocycles. The molecule has 0 aliphatic heterocycles. The molecule has 0 amide bonds. The molecule has 43 heavy (non-hydrogen) atoms. The van der Waals surface area contributed by atoms with Crippen molar-refractivity contribution >= 4 is 82.6 Å². The van der Waals surface area contributed by atoms with Gasteiger partial charge in [0.25, 0.3) is 0 Å². The largest absolute Gasteiger partial charge is 0.370 e. The van der Waals surface area contributed by atoms with Crippen molar-refractivity contribution in [2.75, 3.05) is 41.3 Å². The Hall–Kier alpha value is -2.63. The molecule has 0 atom stereocenters. The van der Waals surface area contributed by atoms with Gasteiger partial charge in [0.1, 0.15) is 0 Å². The number of guanidine groups is 4. The van der Waals surface area contributed by atoms with Crippen LogP contribution in [0.5, 0.6) is 0 Å². The van der Waals surface area contributed by atoms with Crippen LogP contribution in [0.1, 0.15) is 36.8 Å². The maximum absolute atomic E-state index is 6.07. The molecule has 0 bridgehead atoms. The van der Waals surface area contributed by atoms with Crippen molar-refractivity contribution in [1.82, 2.24) is 20.4 Å². The van der Waals surface area contributed by atoms with Crippen LogP contribution in [-0.2, 0) is 13.1 Å². The molecular weight excluding hydrogens is 654 g/mol. The standard InChI is InChI=1S/C28H40Cl4N10.ClH/c1-41(2)27(39-25(33)37-17-19-9-11-21(29)23(31)15-19)35-13-7-5-6-8-14-36-28(42(3)4)40-26(34)38-18-20-10-12-22(30)24(32)16-20;/h9-12,15-16H,5-8,13-14,17-18H2,1-4H3,(H3,33,35,37,39)(H3,34,36,38,40);1H. The van der Waals surface area contributed by atoms with Crippen LogP contribution >= 0.6 is 58.8 Å². The molecule has 0 aliphatic carbocycles. The zero-order valence-electron chi connectivity index (χ0n) is 24.9. The summed E-state index contributed by atoms with van der Waals surface area (Å²) in [5, 5.41) is 8.12. The van der Waals surface area contributed by atoms with Crippen LogP contribution in [-0.4, -0.2) is 74.9 Å². The molecule has 2 aromatic carbocycles. The summed E-state index contributed by atoms with van der Waals surface area (Å²) in [5.74, 6) is 1.85. The lowest BCUT2D eigenvalue weighted by Gasteiger charge is -2.17. The maximum Gasteiger partial charge on any atom is 0.200 e. The number of hydrogen-bond acceptors (Lipinski definition) is 4. The number of nitrogens with one attached hydrogen (secondary N) is 2. The first kappa shape index (κ1) is 38.4. The Labute approximate surface area is 281 Å². The zero-order valence-corrected chi connectivity index (χ0v) is 28.7. The number of aliphatic imine (C=N–C) groups is 4. The topological polar surface area (TPSA) is 132 Å². The van der Waals surface area contributed by atoms with Crippen LogP contribution in [0.2, 0.25) is 20.1 Å². The molecule has 0 fully saturated rings. The van der Waals surface area contributed by atoms with Gasteiger partial charge < -0.3 is 21.3 Å². The van der Waals surface area contributed by atoms with E-state index in [-0.39, 0.29) is 24.3 Å². The van der Waals surface area contributed by atoms with Crippen molar-refractivity contribution < 1.29 is 0 Å². The lowest BCUT2D eigenvalue weighted by molar-refractivity contribution is 0.586. The fourth-order valence-corrected chi connectivity index (χ4v) is 4.11. The van der Waals surface area contributed by atoms with Crippen molar-refractivity contribution in [3.8, 4) is 0 Å². The third kappa shape index (κ3) is 15.1. The number of rotatable bonds is 11. The Morgan fingerprint density at radius 2 is 0.977 bits per heavy atom. The Balaban J connectivity index is 0.00000924. The summed E-state index contributed by atoms with van der Waals surface area (Å²) in [6, 6.07) is 10.7. The molecule has 0 unspecified atom stereocenters. The minimum absolute atomic E-state index is 0. The molecule has 10 nitrogen and oxygen atoms in total. The minimum Gasteiger partial charge on any atom is -0.370 e. The minimum atomic E-state index is 0. The van der Waals surface area contributed by atoms with Gasteiger partial charge in [0, 0.05) is 41.3 Å². The molecule has 0 heterocycles. The normalized spacial score (nSPS) is 12.6. The van der Waals surface area contributed by atoms with Crippen molar-refractivity contribution in [2.24, 2.45) is 31.4 Å². The van der Waals surface area contributed by atoms with Crippen LogP contribution < -0.4 is 22.1 Å². The van der Waals surface area contributed by atoms with Gasteiger partial charge in [-0.05, 0) is 48.2 Å². The van der Waals surface area contributed by atoms with Gasteiger partial charge in [-0.2, -0.15) is 0 Å². The molecule has 0 saturated carbocycles. The molecule has 6 N–H and O–H groups in total. The molecule has 0 aliphatic rings. The van der Waals surface area contributed by atoms with Gasteiger partial charge >= 0.3 is 0 Å². The first-order valence-corrected chi connectivity index (χ1v) is 14.9. The third-order valence-corrected chi connectivity index (χ3v) is 7.23. The Kier molecular flexibility index (Phi) is 18.2. The summed E-state index contributed by atoms with van der Waals surface area (Å²) in [5.41, 5.74) is 14.0. The summed E-state index contributed by atoms with van der Waals surface area (Å²) >= 11 is 24.1. The van der Waals surface area contributed by atoms with Crippen molar-refractivity contribution in [3.63, 3.8) is 0 Å². The summed E-state index contributed by atoms with van der Waals surface area (Å²) in [6.07, 6.45) is 3.93. The summed E-state index contributed by atoms with van der Waals surface area (Å²) < 4.78 is 0. The number of benzene rings is 2. The van der Waals surface area contributed by atoms with Gasteiger partial charge in [-0.3, -0.25) is 20.6 Å². The number of nitrogens with zero attached hydrogens (tertiary/aromatic N) is 6. The average molecular weight is 695 g/mol. The molecule has 15 heteroatoms. The van der Waals surface area contributed by atoms with E-state index in [9.17, 15) is 0 Å². The number of unbranched alkanes of at least 4 members (excludes halogenated alkanes) is 3. The van der Waals surface area contributed by atoms with Crippen molar-refractivity contribution in [3.05, 3.63) is 67.6 Å². The van der Waals surface area contributed by atoms with Crippen LogP contribution in [0.15, 0.2) is 56.4 Å². The molecule has 2 rings (SSSR count). The fourth-order valence-electron chi connectivity index (χ4n) is 3.47. The van der Waals surface area contributed by atoms with Gasteiger partial charge in [0.05, 0.1) is 33.2 Å². The van der Waals surface area contributed by atoms with E-state index in [2.05, 4.69) is 30.6 Å². The van der Waals surface area contributed by atoms with E-state index in [4.69, 9.17) is 57.9 Å². The maximum atomic E-state index is 6.07. The Morgan fingerprint density at radius 3 is 1.30 bits per heavy atom. The first-order chi connectivity index (χ1) is 20.0. The summed E-state index contributed by atoms with van der Waals surface area (Å²) in [7, 11) is 7.60. The van der Waals surface area contributed by atoms with Gasteiger partial charge in [-0.1, -0.05) is 71.4 Å². The van der Waals surface area contributed by atoms with Crippen LogP contribution in [0, 0.1) is 0 Å². The van der Waals surface area contributed by atoms with Crippen molar-refractivity contribution in [1.29, 1.82) is 0 Å². The molecule has 238 valence electrons. The summed E-state index contributed by atoms with van der Waals surface area (Å²) in [6.45, 7) is 2.09. The number of halogens is 5. The highest BCUT2D eigenvalue weighted by Crippen LogP contribution is 2.23. The summed E-state index contributed by atoms with van der Waals surface area (Å²) in [4.78, 5) is 21.8. The van der Waals surface area contributed by atoms with Crippen LogP contribution in [0.25, 0.3) is 0 Å². The van der Waals surface area contributed by atoms with Gasteiger partial charge in [0.2, 0.25) is 0 Å². The molecule has 0 spiro atoms. The van der Waals surface area contributed by atoms with Crippen LogP contribution in [0.4, 0.5) is 0 Å². The smallest absolute Gasteiger partial charge is 0.200 e. The van der Waals surface area contributed by atoms with Gasteiger partial charge in [-0.15, -0.1) is 12.4 Å². The second kappa shape index (κ2) is 20.3. The third-order valence-electron chi connectivity index (χ3n) is 5.75. The SMILES string of the molecule is CN(C)C(=NCCCCCCN=C(NC(N)=NCc1ccc(Cl)c(Cl)c1)N(C)C)NC(N)=NCc1ccc(Cl)c(Cl)c1.Cl. The molecule has 0 saturated heterocycles. The highest BCUT2D eigenvalue weighted by molar-refractivity contribution is 6.42. The molecule has 2 aromatic rings. The zero-order chi connectivity index (χ0) is 31.1. The van der Waals surface area contributed by atoms with E-state index in [0.29, 0.717) is 58.2 Å². The fraction of sp³-hybridized carbons (Fsp3) is 0.429. The van der Waals surface area contributed by atoms with E-state index in [1.54, 1.807) is 24.3 Å². The van der Waals surface area contributed by atoms with Gasteiger partial charge in [-0.25, -0.2) is 9.98 Å². The lowest BCUT2D eigenvalue weighted by atomic mass is 10.2. The van der Waals surface area contributed by atoms with E-state index in [0.717, 1.165) is 36.8 Å². The van der Waals surface area contributed by atoms with E-state index < -0.39 is 0 Å². The van der Waals surface area contributed by atoms with Crippen LogP contribution in [0.3, 0.4) is 0 Å². The lowest BCUT2D eigenvalue weighted by Crippen LogP contribution is -2.44. The molecule has 0 radical (unpaired) electrons. The highest BCUT2D eigenvalue weighted by Gasteiger charge is 2.06. The second-order valence-corrected chi connectivity index (χ2v) is 11.4. The Bertz CT molecular complexity index is 1180.